The first-order valence-corrected chi connectivity index (χ1v) is 11.2. The standard InChI is InChI=1S/C24H37N3O/c1-3-5-7-9-11-13-19-28-24-18-17-23(26-27-24)22-16-15-21(20-25-22)14-12-10-8-6-4-2/h15-18,20H,3-14,19H2,1-2H3. The predicted molar refractivity (Wildman–Crippen MR) is 117 cm³/mol. The first-order valence-electron chi connectivity index (χ1n) is 11.2. The number of rotatable bonds is 15. The number of aromatic nitrogens is 3. The SMILES string of the molecule is CCCCCCCCOc1ccc(-c2ccc(CCCCCCC)cn2)nn1. The molecule has 2 aromatic heterocycles. The van der Waals surface area contributed by atoms with Crippen LogP contribution in [0.15, 0.2) is 30.5 Å². The normalized spacial score (nSPS) is 10.9. The second-order valence-electron chi connectivity index (χ2n) is 7.59. The maximum absolute atomic E-state index is 5.70. The molecule has 0 fully saturated rings. The van der Waals surface area contributed by atoms with E-state index in [0.717, 1.165) is 24.2 Å². The molecular formula is C24H37N3O. The van der Waals surface area contributed by atoms with Gasteiger partial charge in [0, 0.05) is 12.3 Å². The largest absolute Gasteiger partial charge is 0.477 e. The molecule has 0 aliphatic heterocycles. The highest BCUT2D eigenvalue weighted by Gasteiger charge is 2.04. The van der Waals surface area contributed by atoms with E-state index < -0.39 is 0 Å². The molecule has 0 saturated carbocycles. The van der Waals surface area contributed by atoms with Crippen LogP contribution in [0.4, 0.5) is 0 Å². The first kappa shape index (κ1) is 22.3. The predicted octanol–water partition coefficient (Wildman–Crippen LogP) is 6.79. The van der Waals surface area contributed by atoms with Gasteiger partial charge in [-0.05, 0) is 37.0 Å². The van der Waals surface area contributed by atoms with E-state index in [4.69, 9.17) is 4.74 Å². The number of unbranched alkanes of at least 4 members (excludes halogenated alkanes) is 9. The van der Waals surface area contributed by atoms with E-state index in [2.05, 4.69) is 35.1 Å². The topological polar surface area (TPSA) is 47.9 Å². The van der Waals surface area contributed by atoms with Gasteiger partial charge in [0.25, 0.3) is 0 Å². The first-order chi connectivity index (χ1) is 13.8. The van der Waals surface area contributed by atoms with Crippen molar-refractivity contribution in [2.45, 2.75) is 90.9 Å². The second kappa shape index (κ2) is 14.1. The summed E-state index contributed by atoms with van der Waals surface area (Å²) in [6.45, 7) is 5.20. The summed E-state index contributed by atoms with van der Waals surface area (Å²) in [5.41, 5.74) is 2.96. The molecule has 154 valence electrons. The molecule has 28 heavy (non-hydrogen) atoms. The molecule has 2 heterocycles. The summed E-state index contributed by atoms with van der Waals surface area (Å²) in [5.74, 6) is 0.598. The Morgan fingerprint density at radius 1 is 0.679 bits per heavy atom. The van der Waals surface area contributed by atoms with Gasteiger partial charge in [-0.2, -0.15) is 0 Å². The van der Waals surface area contributed by atoms with Crippen molar-refractivity contribution in [1.29, 1.82) is 0 Å². The number of hydrogen-bond donors (Lipinski definition) is 0. The Morgan fingerprint density at radius 3 is 2.00 bits per heavy atom. The van der Waals surface area contributed by atoms with Gasteiger partial charge in [-0.3, -0.25) is 4.98 Å². The molecule has 0 aliphatic rings. The van der Waals surface area contributed by atoms with E-state index in [9.17, 15) is 0 Å². The van der Waals surface area contributed by atoms with Gasteiger partial charge in [0.05, 0.1) is 12.3 Å². The molecule has 2 rings (SSSR count). The minimum Gasteiger partial charge on any atom is -0.477 e. The van der Waals surface area contributed by atoms with Crippen LogP contribution in [0.1, 0.15) is 90.0 Å². The van der Waals surface area contributed by atoms with Crippen molar-refractivity contribution in [2.75, 3.05) is 6.61 Å². The van der Waals surface area contributed by atoms with E-state index >= 15 is 0 Å². The minimum atomic E-state index is 0.598. The van der Waals surface area contributed by atoms with Crippen molar-refractivity contribution >= 4 is 0 Å². The summed E-state index contributed by atoms with van der Waals surface area (Å²) in [6.07, 6.45) is 17.1. The van der Waals surface area contributed by atoms with Crippen LogP contribution in [-0.4, -0.2) is 21.8 Å². The van der Waals surface area contributed by atoms with Crippen molar-refractivity contribution in [3.63, 3.8) is 0 Å². The highest BCUT2D eigenvalue weighted by atomic mass is 16.5. The average Bonchev–Trinajstić information content (AvgIpc) is 2.74. The van der Waals surface area contributed by atoms with E-state index in [1.54, 1.807) is 0 Å². The van der Waals surface area contributed by atoms with Crippen molar-refractivity contribution < 1.29 is 4.74 Å². The molecule has 0 bridgehead atoms. The zero-order valence-corrected chi connectivity index (χ0v) is 17.8. The third-order valence-electron chi connectivity index (χ3n) is 5.04. The molecule has 0 amide bonds. The van der Waals surface area contributed by atoms with Crippen molar-refractivity contribution in [2.24, 2.45) is 0 Å². The Labute approximate surface area is 171 Å². The van der Waals surface area contributed by atoms with Crippen LogP contribution < -0.4 is 4.74 Å². The Balaban J connectivity index is 1.70. The molecule has 4 nitrogen and oxygen atoms in total. The molecule has 2 aromatic rings. The molecule has 0 unspecified atom stereocenters. The summed E-state index contributed by atoms with van der Waals surface area (Å²) >= 11 is 0. The maximum atomic E-state index is 5.70. The Bertz CT molecular complexity index is 625. The van der Waals surface area contributed by atoms with E-state index in [1.807, 2.05) is 24.4 Å². The Kier molecular flexibility index (Phi) is 11.2. The van der Waals surface area contributed by atoms with Gasteiger partial charge in [-0.25, -0.2) is 0 Å². The van der Waals surface area contributed by atoms with Crippen LogP contribution in [0, 0.1) is 0 Å². The summed E-state index contributed by atoms with van der Waals surface area (Å²) in [6, 6.07) is 8.04. The summed E-state index contributed by atoms with van der Waals surface area (Å²) in [5, 5.41) is 8.47. The van der Waals surface area contributed by atoms with Crippen LogP contribution in [0.3, 0.4) is 0 Å². The lowest BCUT2D eigenvalue weighted by molar-refractivity contribution is 0.290. The average molecular weight is 384 g/mol. The van der Waals surface area contributed by atoms with Crippen LogP contribution in [-0.2, 0) is 6.42 Å². The summed E-state index contributed by atoms with van der Waals surface area (Å²) < 4.78 is 5.70. The van der Waals surface area contributed by atoms with Gasteiger partial charge < -0.3 is 4.74 Å². The lowest BCUT2D eigenvalue weighted by atomic mass is 10.1. The van der Waals surface area contributed by atoms with Crippen LogP contribution in [0.2, 0.25) is 0 Å². The number of ether oxygens (including phenoxy) is 1. The fraction of sp³-hybridized carbons (Fsp3) is 0.625. The van der Waals surface area contributed by atoms with Crippen LogP contribution in [0.5, 0.6) is 5.88 Å². The molecule has 0 N–H and O–H groups in total. The number of nitrogens with zero attached hydrogens (tertiary/aromatic N) is 3. The number of pyridine rings is 1. The van der Waals surface area contributed by atoms with Crippen molar-refractivity contribution in [3.05, 3.63) is 36.0 Å². The minimum absolute atomic E-state index is 0.598. The van der Waals surface area contributed by atoms with E-state index in [-0.39, 0.29) is 0 Å². The van der Waals surface area contributed by atoms with Crippen LogP contribution in [0.25, 0.3) is 11.4 Å². The van der Waals surface area contributed by atoms with Gasteiger partial charge in [-0.1, -0.05) is 77.7 Å². The highest BCUT2D eigenvalue weighted by Crippen LogP contribution is 2.17. The third-order valence-corrected chi connectivity index (χ3v) is 5.04. The molecule has 0 radical (unpaired) electrons. The Hall–Kier alpha value is -1.97. The fourth-order valence-corrected chi connectivity index (χ4v) is 3.25. The summed E-state index contributed by atoms with van der Waals surface area (Å²) in [4.78, 5) is 4.56. The van der Waals surface area contributed by atoms with Gasteiger partial charge >= 0.3 is 0 Å². The van der Waals surface area contributed by atoms with Gasteiger partial charge in [0.15, 0.2) is 0 Å². The van der Waals surface area contributed by atoms with Gasteiger partial charge in [0.2, 0.25) is 5.88 Å². The van der Waals surface area contributed by atoms with E-state index in [0.29, 0.717) is 12.5 Å². The Morgan fingerprint density at radius 2 is 1.36 bits per heavy atom. The molecule has 4 heteroatoms. The van der Waals surface area contributed by atoms with Gasteiger partial charge in [-0.15, -0.1) is 10.2 Å². The number of hydrogen-bond acceptors (Lipinski definition) is 4. The van der Waals surface area contributed by atoms with Crippen LogP contribution >= 0.6 is 0 Å². The maximum Gasteiger partial charge on any atom is 0.233 e. The second-order valence-corrected chi connectivity index (χ2v) is 7.59. The lowest BCUT2D eigenvalue weighted by Crippen LogP contribution is -2.01. The molecule has 0 aliphatic carbocycles. The number of aryl methyl sites for hydroxylation is 1. The molecule has 0 aromatic carbocycles. The molecule has 0 atom stereocenters. The van der Waals surface area contributed by atoms with Crippen molar-refractivity contribution in [1.82, 2.24) is 15.2 Å². The third kappa shape index (κ3) is 8.81. The fourth-order valence-electron chi connectivity index (χ4n) is 3.25. The smallest absolute Gasteiger partial charge is 0.233 e. The quantitative estimate of drug-likeness (QED) is 0.318. The highest BCUT2D eigenvalue weighted by molar-refractivity contribution is 5.53. The van der Waals surface area contributed by atoms with Gasteiger partial charge in [0.1, 0.15) is 5.69 Å². The molecule has 0 saturated heterocycles. The zero-order chi connectivity index (χ0) is 19.9. The lowest BCUT2D eigenvalue weighted by Gasteiger charge is -2.06. The molecule has 0 spiro atoms. The zero-order valence-electron chi connectivity index (χ0n) is 17.8. The monoisotopic (exact) mass is 383 g/mol. The van der Waals surface area contributed by atoms with E-state index in [1.165, 1.54) is 69.8 Å². The van der Waals surface area contributed by atoms with Crippen molar-refractivity contribution in [3.8, 4) is 17.3 Å². The summed E-state index contributed by atoms with van der Waals surface area (Å²) in [7, 11) is 0. The molecular weight excluding hydrogens is 346 g/mol.